The number of allylic oxidation sites excluding steroid dienone is 1. The Morgan fingerprint density at radius 3 is 2.42 bits per heavy atom. The third kappa shape index (κ3) is 5.04. The topological polar surface area (TPSA) is 77.1 Å². The molecule has 0 bridgehead atoms. The van der Waals surface area contributed by atoms with Gasteiger partial charge in [-0.3, -0.25) is 14.5 Å². The van der Waals surface area contributed by atoms with Crippen LogP contribution in [0.2, 0.25) is 0 Å². The minimum atomic E-state index is -0.636. The Kier molecular flexibility index (Phi) is 7.83. The first-order valence-electron chi connectivity index (χ1n) is 13.8. The molecule has 1 amide bonds. The zero-order valence-electron chi connectivity index (χ0n) is 23.7. The van der Waals surface area contributed by atoms with Crippen LogP contribution in [0.25, 0.3) is 0 Å². The van der Waals surface area contributed by atoms with Crippen LogP contribution < -0.4 is 24.4 Å². The van der Waals surface area contributed by atoms with Crippen molar-refractivity contribution in [3.63, 3.8) is 0 Å². The van der Waals surface area contributed by atoms with E-state index in [1.807, 2.05) is 73.7 Å². The summed E-state index contributed by atoms with van der Waals surface area (Å²) in [5.41, 5.74) is 4.72. The number of rotatable bonds is 7. The molecule has 40 heavy (non-hydrogen) atoms. The quantitative estimate of drug-likeness (QED) is 0.355. The summed E-state index contributed by atoms with van der Waals surface area (Å²) in [6.45, 7) is 5.64. The second-order valence-electron chi connectivity index (χ2n) is 10.3. The highest BCUT2D eigenvalue weighted by Gasteiger charge is 2.42. The zero-order valence-corrected chi connectivity index (χ0v) is 23.7. The number of benzene rings is 3. The molecule has 0 saturated carbocycles. The highest BCUT2D eigenvalue weighted by atomic mass is 16.5. The highest BCUT2D eigenvalue weighted by Crippen LogP contribution is 2.49. The SMILES string of the molecule is CCC(C)Oc1ccccc1C1C2=C(CC(c3ccc(OC)c(OC)c3)CC2=O)Nc2ccccc2N1C(C)=O. The second-order valence-corrected chi connectivity index (χ2v) is 10.3. The fourth-order valence-electron chi connectivity index (χ4n) is 5.69. The van der Waals surface area contributed by atoms with Gasteiger partial charge < -0.3 is 19.5 Å². The van der Waals surface area contributed by atoms with Crippen molar-refractivity contribution in [3.05, 3.63) is 89.1 Å². The highest BCUT2D eigenvalue weighted by molar-refractivity contribution is 6.06. The minimum Gasteiger partial charge on any atom is -0.493 e. The lowest BCUT2D eigenvalue weighted by molar-refractivity contribution is -0.117. The van der Waals surface area contributed by atoms with E-state index >= 15 is 0 Å². The molecule has 3 aromatic carbocycles. The number of fused-ring (bicyclic) bond motifs is 1. The van der Waals surface area contributed by atoms with Gasteiger partial charge in [0.25, 0.3) is 0 Å². The van der Waals surface area contributed by atoms with Gasteiger partial charge in [0.05, 0.1) is 37.7 Å². The predicted molar refractivity (Wildman–Crippen MR) is 156 cm³/mol. The smallest absolute Gasteiger partial charge is 0.224 e. The molecule has 7 heteroatoms. The van der Waals surface area contributed by atoms with Gasteiger partial charge in [0.2, 0.25) is 5.91 Å². The molecule has 0 saturated heterocycles. The van der Waals surface area contributed by atoms with Crippen molar-refractivity contribution in [1.82, 2.24) is 0 Å². The number of amides is 1. The molecule has 1 aliphatic carbocycles. The number of nitrogens with zero attached hydrogens (tertiary/aromatic N) is 1. The van der Waals surface area contributed by atoms with Crippen LogP contribution in [0.3, 0.4) is 0 Å². The molecule has 3 aromatic rings. The van der Waals surface area contributed by atoms with E-state index in [9.17, 15) is 9.59 Å². The maximum absolute atomic E-state index is 14.2. The monoisotopic (exact) mass is 540 g/mol. The Labute approximate surface area is 235 Å². The van der Waals surface area contributed by atoms with Gasteiger partial charge in [-0.05, 0) is 61.6 Å². The lowest BCUT2D eigenvalue weighted by Gasteiger charge is -2.35. The molecular weight excluding hydrogens is 504 g/mol. The van der Waals surface area contributed by atoms with Crippen LogP contribution in [0.4, 0.5) is 11.4 Å². The fraction of sp³-hybridized carbons (Fsp3) is 0.333. The van der Waals surface area contributed by atoms with Crippen LogP contribution in [-0.2, 0) is 9.59 Å². The number of para-hydroxylation sites is 3. The van der Waals surface area contributed by atoms with E-state index in [2.05, 4.69) is 12.2 Å². The average Bonchev–Trinajstić information content (AvgIpc) is 3.11. The van der Waals surface area contributed by atoms with Crippen molar-refractivity contribution in [3.8, 4) is 17.2 Å². The molecule has 1 N–H and O–H groups in total. The summed E-state index contributed by atoms with van der Waals surface area (Å²) in [5, 5.41) is 3.57. The molecule has 2 aliphatic rings. The third-order valence-electron chi connectivity index (χ3n) is 7.82. The van der Waals surface area contributed by atoms with Gasteiger partial charge in [0.15, 0.2) is 17.3 Å². The largest absolute Gasteiger partial charge is 0.493 e. The summed E-state index contributed by atoms with van der Waals surface area (Å²) < 4.78 is 17.3. The van der Waals surface area contributed by atoms with Crippen LogP contribution >= 0.6 is 0 Å². The summed E-state index contributed by atoms with van der Waals surface area (Å²) in [6.07, 6.45) is 1.72. The van der Waals surface area contributed by atoms with Gasteiger partial charge in [-0.15, -0.1) is 0 Å². The number of ether oxygens (including phenoxy) is 3. The van der Waals surface area contributed by atoms with Crippen molar-refractivity contribution in [2.75, 3.05) is 24.4 Å². The average molecular weight is 541 g/mol. The van der Waals surface area contributed by atoms with Gasteiger partial charge >= 0.3 is 0 Å². The lowest BCUT2D eigenvalue weighted by atomic mass is 9.78. The normalized spacial score (nSPS) is 19.1. The number of carbonyl (C=O) groups excluding carboxylic acids is 2. The number of nitrogens with one attached hydrogen (secondary N) is 1. The first-order valence-corrected chi connectivity index (χ1v) is 13.8. The molecule has 5 rings (SSSR count). The molecule has 1 heterocycles. The van der Waals surface area contributed by atoms with Gasteiger partial charge in [0.1, 0.15) is 5.75 Å². The first-order chi connectivity index (χ1) is 19.4. The molecule has 0 spiro atoms. The van der Waals surface area contributed by atoms with E-state index in [-0.39, 0.29) is 23.7 Å². The third-order valence-corrected chi connectivity index (χ3v) is 7.82. The van der Waals surface area contributed by atoms with Crippen molar-refractivity contribution < 1.29 is 23.8 Å². The number of hydrogen-bond donors (Lipinski definition) is 1. The number of carbonyl (C=O) groups is 2. The summed E-state index contributed by atoms with van der Waals surface area (Å²) in [4.78, 5) is 29.3. The Balaban J connectivity index is 1.68. The van der Waals surface area contributed by atoms with E-state index in [1.54, 1.807) is 26.0 Å². The summed E-state index contributed by atoms with van der Waals surface area (Å²) in [5.74, 6) is 1.72. The van der Waals surface area contributed by atoms with E-state index in [1.165, 1.54) is 0 Å². The zero-order chi connectivity index (χ0) is 28.4. The van der Waals surface area contributed by atoms with Crippen LogP contribution in [-0.4, -0.2) is 32.0 Å². The maximum atomic E-state index is 14.2. The van der Waals surface area contributed by atoms with E-state index in [4.69, 9.17) is 14.2 Å². The van der Waals surface area contributed by atoms with Crippen LogP contribution in [0.1, 0.15) is 63.1 Å². The van der Waals surface area contributed by atoms with Crippen LogP contribution in [0, 0.1) is 0 Å². The van der Waals surface area contributed by atoms with E-state index in [0.717, 1.165) is 34.6 Å². The van der Waals surface area contributed by atoms with Crippen molar-refractivity contribution >= 4 is 23.1 Å². The number of hydrogen-bond acceptors (Lipinski definition) is 6. The predicted octanol–water partition coefficient (Wildman–Crippen LogP) is 6.80. The minimum absolute atomic E-state index is 0.00376. The van der Waals surface area contributed by atoms with Crippen molar-refractivity contribution in [1.29, 1.82) is 0 Å². The molecular formula is C33H36N2O5. The Bertz CT molecular complexity index is 1460. The molecule has 208 valence electrons. The molecule has 7 nitrogen and oxygen atoms in total. The van der Waals surface area contributed by atoms with Crippen molar-refractivity contribution in [2.45, 2.75) is 58.1 Å². The van der Waals surface area contributed by atoms with Gasteiger partial charge in [-0.1, -0.05) is 43.3 Å². The Hall–Kier alpha value is -4.26. The second kappa shape index (κ2) is 11.5. The maximum Gasteiger partial charge on any atom is 0.224 e. The van der Waals surface area contributed by atoms with Gasteiger partial charge in [0, 0.05) is 30.2 Å². The standard InChI is InChI=1S/C33H36N2O5/c1-6-20(2)40-29-14-10-7-11-24(29)33-32-26(34-25-12-8-9-13-27(25)35(33)21(3)36)17-23(18-28(32)37)22-15-16-30(38-4)31(19-22)39-5/h7-16,19-20,23,33-34H,6,17-18H2,1-5H3. The Morgan fingerprint density at radius 2 is 1.70 bits per heavy atom. The molecule has 3 atom stereocenters. The van der Waals surface area contributed by atoms with Gasteiger partial charge in [-0.2, -0.15) is 0 Å². The van der Waals surface area contributed by atoms with Gasteiger partial charge in [-0.25, -0.2) is 0 Å². The number of Topliss-reactive ketones (excluding diaryl/α,β-unsaturated/α-hetero) is 1. The Morgan fingerprint density at radius 1 is 0.975 bits per heavy atom. The molecule has 0 radical (unpaired) electrons. The molecule has 0 aromatic heterocycles. The van der Waals surface area contributed by atoms with E-state index < -0.39 is 6.04 Å². The summed E-state index contributed by atoms with van der Waals surface area (Å²) in [6, 6.07) is 20.6. The van der Waals surface area contributed by atoms with Crippen LogP contribution in [0.15, 0.2) is 78.0 Å². The lowest BCUT2D eigenvalue weighted by Crippen LogP contribution is -2.37. The van der Waals surface area contributed by atoms with E-state index in [0.29, 0.717) is 35.7 Å². The summed E-state index contributed by atoms with van der Waals surface area (Å²) >= 11 is 0. The van der Waals surface area contributed by atoms with Crippen molar-refractivity contribution in [2.24, 2.45) is 0 Å². The number of ketones is 1. The number of anilines is 2. The molecule has 3 unspecified atom stereocenters. The van der Waals surface area contributed by atoms with Crippen LogP contribution in [0.5, 0.6) is 17.2 Å². The number of methoxy groups -OCH3 is 2. The first kappa shape index (κ1) is 27.3. The molecule has 1 aliphatic heterocycles. The fourth-order valence-corrected chi connectivity index (χ4v) is 5.69. The summed E-state index contributed by atoms with van der Waals surface area (Å²) in [7, 11) is 3.22. The molecule has 0 fully saturated rings.